The number of aliphatic hydroxyl groups is 1. The Labute approximate surface area is 134 Å². The van der Waals surface area contributed by atoms with Crippen LogP contribution < -0.4 is 0 Å². The van der Waals surface area contributed by atoms with Crippen LogP contribution in [0.15, 0.2) is 22.0 Å². The number of hydrogen-bond donors (Lipinski definition) is 1. The fourth-order valence-corrected chi connectivity index (χ4v) is 3.07. The topological polar surface area (TPSA) is 33.1 Å². The van der Waals surface area contributed by atoms with Crippen molar-refractivity contribution >= 4 is 38.9 Å². The molecule has 0 spiro atoms. The third-order valence-corrected chi connectivity index (χ3v) is 5.35. The van der Waals surface area contributed by atoms with E-state index >= 15 is 0 Å². The summed E-state index contributed by atoms with van der Waals surface area (Å²) in [6.45, 7) is 6.12. The van der Waals surface area contributed by atoms with Crippen molar-refractivity contribution < 1.29 is 9.50 Å². The average Bonchev–Trinajstić information content (AvgIpc) is 2.85. The number of halogens is 3. The Balaban J connectivity index is 2.39. The van der Waals surface area contributed by atoms with Crippen LogP contribution in [0.1, 0.15) is 43.1 Å². The predicted molar refractivity (Wildman–Crippen MR) is 84.0 cm³/mol. The summed E-state index contributed by atoms with van der Waals surface area (Å²) in [7, 11) is 0. The minimum absolute atomic E-state index is 0.0344. The van der Waals surface area contributed by atoms with Gasteiger partial charge in [0.15, 0.2) is 0 Å². The molecule has 1 heterocycles. The Hall–Kier alpha value is -0.490. The molecule has 0 radical (unpaired) electrons. The van der Waals surface area contributed by atoms with E-state index in [0.29, 0.717) is 10.2 Å². The number of hydrogen-bond acceptors (Lipinski definition) is 3. The first-order valence-corrected chi connectivity index (χ1v) is 8.04. The monoisotopic (exact) mass is 377 g/mol. The lowest BCUT2D eigenvalue weighted by Crippen LogP contribution is -2.11. The smallest absolute Gasteiger partial charge is 0.149 e. The normalized spacial score (nSPS) is 13.6. The molecule has 0 amide bonds. The summed E-state index contributed by atoms with van der Waals surface area (Å²) in [5.41, 5.74) is 0.472. The molecule has 2 aromatic rings. The summed E-state index contributed by atoms with van der Waals surface area (Å²) in [5.74, 6) is -0.626. The molecular weight excluding hydrogens is 365 g/mol. The van der Waals surface area contributed by atoms with Crippen LogP contribution in [0, 0.1) is 5.82 Å². The van der Waals surface area contributed by atoms with Crippen molar-refractivity contribution in [3.63, 3.8) is 0 Å². The van der Waals surface area contributed by atoms with Gasteiger partial charge in [0.1, 0.15) is 11.9 Å². The number of benzene rings is 1. The second-order valence-electron chi connectivity index (χ2n) is 5.49. The maximum Gasteiger partial charge on any atom is 0.149 e. The lowest BCUT2D eigenvalue weighted by Gasteiger charge is -2.14. The van der Waals surface area contributed by atoms with Crippen LogP contribution in [0.3, 0.4) is 0 Å². The number of aromatic nitrogens is 1. The van der Waals surface area contributed by atoms with Gasteiger partial charge in [0, 0.05) is 20.8 Å². The molecular formula is C14H14BrClFNOS. The minimum Gasteiger partial charge on any atom is -0.382 e. The summed E-state index contributed by atoms with van der Waals surface area (Å²) in [4.78, 5) is 4.40. The van der Waals surface area contributed by atoms with Crippen LogP contribution in [0.25, 0.3) is 0 Å². The largest absolute Gasteiger partial charge is 0.382 e. The first kappa shape index (κ1) is 15.9. The highest BCUT2D eigenvalue weighted by Crippen LogP contribution is 2.34. The van der Waals surface area contributed by atoms with Crippen molar-refractivity contribution in [2.45, 2.75) is 32.3 Å². The first-order chi connectivity index (χ1) is 9.21. The summed E-state index contributed by atoms with van der Waals surface area (Å²) >= 11 is 10.4. The molecule has 2 rings (SSSR count). The maximum atomic E-state index is 14.1. The van der Waals surface area contributed by atoms with Crippen LogP contribution in [-0.4, -0.2) is 10.1 Å². The van der Waals surface area contributed by atoms with Gasteiger partial charge in [0.2, 0.25) is 0 Å². The molecule has 1 N–H and O–H groups in total. The summed E-state index contributed by atoms with van der Waals surface area (Å²) in [5, 5.41) is 12.9. The van der Waals surface area contributed by atoms with E-state index in [9.17, 15) is 9.50 Å². The Morgan fingerprint density at radius 1 is 1.40 bits per heavy atom. The van der Waals surface area contributed by atoms with Crippen molar-refractivity contribution in [1.29, 1.82) is 0 Å². The molecule has 1 aromatic carbocycles. The number of rotatable bonds is 2. The molecule has 108 valence electrons. The van der Waals surface area contributed by atoms with Crippen molar-refractivity contribution in [3.05, 3.63) is 49.1 Å². The molecule has 0 saturated heterocycles. The molecule has 2 nitrogen and oxygen atoms in total. The molecule has 0 aliphatic rings. The van der Waals surface area contributed by atoms with Crippen LogP contribution in [0.4, 0.5) is 4.39 Å². The van der Waals surface area contributed by atoms with E-state index in [-0.39, 0.29) is 16.0 Å². The number of thiazole rings is 1. The van der Waals surface area contributed by atoms with Gasteiger partial charge in [-0.05, 0) is 22.0 Å². The molecule has 1 unspecified atom stereocenters. The molecule has 0 aliphatic heterocycles. The van der Waals surface area contributed by atoms with E-state index < -0.39 is 11.9 Å². The van der Waals surface area contributed by atoms with E-state index in [0.717, 1.165) is 5.01 Å². The number of aliphatic hydroxyl groups excluding tert-OH is 1. The zero-order chi connectivity index (χ0) is 15.1. The summed E-state index contributed by atoms with van der Waals surface area (Å²) < 4.78 is 14.6. The van der Waals surface area contributed by atoms with Crippen LogP contribution in [0.5, 0.6) is 0 Å². The summed E-state index contributed by atoms with van der Waals surface area (Å²) in [6.07, 6.45) is -1.12. The number of nitrogens with zero attached hydrogens (tertiary/aromatic N) is 1. The highest BCUT2D eigenvalue weighted by atomic mass is 79.9. The molecule has 0 aliphatic carbocycles. The van der Waals surface area contributed by atoms with E-state index in [1.807, 2.05) is 20.8 Å². The Kier molecular flexibility index (Phi) is 4.54. The lowest BCUT2D eigenvalue weighted by atomic mass is 9.98. The zero-order valence-electron chi connectivity index (χ0n) is 11.2. The van der Waals surface area contributed by atoms with Gasteiger partial charge in [-0.3, -0.25) is 0 Å². The molecule has 0 bridgehead atoms. The van der Waals surface area contributed by atoms with E-state index in [1.54, 1.807) is 11.4 Å². The molecule has 1 atom stereocenters. The van der Waals surface area contributed by atoms with Gasteiger partial charge >= 0.3 is 0 Å². The molecule has 0 saturated carbocycles. The van der Waals surface area contributed by atoms with E-state index in [4.69, 9.17) is 11.6 Å². The molecule has 20 heavy (non-hydrogen) atoms. The van der Waals surface area contributed by atoms with Crippen LogP contribution in [0.2, 0.25) is 5.02 Å². The molecule has 1 aromatic heterocycles. The van der Waals surface area contributed by atoms with Crippen molar-refractivity contribution in [2.75, 3.05) is 0 Å². The standard InChI is InChI=1S/C14H14BrClFNOS/c1-14(2,3)13-18-9(6-20-13)12(19)7-4-5-8(15)10(16)11(7)17/h4-6,12,19H,1-3H3. The first-order valence-electron chi connectivity index (χ1n) is 5.99. The fraction of sp³-hybridized carbons (Fsp3) is 0.357. The van der Waals surface area contributed by atoms with Crippen LogP contribution >= 0.6 is 38.9 Å². The van der Waals surface area contributed by atoms with Gasteiger partial charge in [0.05, 0.1) is 15.7 Å². The Morgan fingerprint density at radius 3 is 2.60 bits per heavy atom. The zero-order valence-corrected chi connectivity index (χ0v) is 14.4. The fourth-order valence-electron chi connectivity index (χ4n) is 1.67. The van der Waals surface area contributed by atoms with Gasteiger partial charge in [0.25, 0.3) is 0 Å². The van der Waals surface area contributed by atoms with Gasteiger partial charge in [-0.25, -0.2) is 9.37 Å². The Morgan fingerprint density at radius 2 is 2.05 bits per heavy atom. The van der Waals surface area contributed by atoms with Crippen molar-refractivity contribution in [2.24, 2.45) is 0 Å². The highest BCUT2D eigenvalue weighted by molar-refractivity contribution is 9.10. The van der Waals surface area contributed by atoms with Gasteiger partial charge in [-0.1, -0.05) is 38.4 Å². The Bertz CT molecular complexity index is 639. The van der Waals surface area contributed by atoms with Gasteiger partial charge in [-0.2, -0.15) is 0 Å². The quantitative estimate of drug-likeness (QED) is 0.739. The lowest BCUT2D eigenvalue weighted by molar-refractivity contribution is 0.210. The predicted octanol–water partition coefficient (Wildman–Crippen LogP) is 5.08. The van der Waals surface area contributed by atoms with E-state index in [1.165, 1.54) is 17.4 Å². The maximum absolute atomic E-state index is 14.1. The van der Waals surface area contributed by atoms with E-state index in [2.05, 4.69) is 20.9 Å². The second-order valence-corrected chi connectivity index (χ2v) is 7.59. The van der Waals surface area contributed by atoms with Crippen molar-refractivity contribution in [1.82, 2.24) is 4.98 Å². The van der Waals surface area contributed by atoms with Gasteiger partial charge in [-0.15, -0.1) is 11.3 Å². The van der Waals surface area contributed by atoms with Crippen molar-refractivity contribution in [3.8, 4) is 0 Å². The average molecular weight is 379 g/mol. The molecule has 0 fully saturated rings. The third kappa shape index (κ3) is 3.06. The SMILES string of the molecule is CC(C)(C)c1nc(C(O)c2ccc(Br)c(Cl)c2F)cs1. The van der Waals surface area contributed by atoms with Crippen LogP contribution in [-0.2, 0) is 5.41 Å². The highest BCUT2D eigenvalue weighted by Gasteiger charge is 2.24. The minimum atomic E-state index is -1.12. The second kappa shape index (κ2) is 5.72. The third-order valence-electron chi connectivity index (χ3n) is 2.80. The molecule has 6 heteroatoms. The summed E-state index contributed by atoms with van der Waals surface area (Å²) in [6, 6.07) is 3.12. The van der Waals surface area contributed by atoms with Gasteiger partial charge < -0.3 is 5.11 Å².